The minimum Gasteiger partial charge on any atom is -0.456 e. The van der Waals surface area contributed by atoms with Crippen LogP contribution in [0.25, 0.3) is 106 Å². The highest BCUT2D eigenvalue weighted by atomic mass is 16.3. The van der Waals surface area contributed by atoms with Crippen LogP contribution in [0.5, 0.6) is 0 Å². The number of aromatic nitrogens is 2. The fourth-order valence-corrected chi connectivity index (χ4v) is 8.01. The summed E-state index contributed by atoms with van der Waals surface area (Å²) in [6.45, 7) is 0. The maximum Gasteiger partial charge on any atom is 0.179 e. The monoisotopic (exact) mass is 640 g/mol. The van der Waals surface area contributed by atoms with Crippen LogP contribution in [0.1, 0.15) is 17.7 Å². The molecule has 0 aliphatic heterocycles. The number of benzene rings is 7. The molecule has 1 aliphatic rings. The lowest BCUT2D eigenvalue weighted by molar-refractivity contribution is 0.546. The van der Waals surface area contributed by atoms with Crippen molar-refractivity contribution in [3.63, 3.8) is 0 Å². The van der Waals surface area contributed by atoms with E-state index in [1.807, 2.05) is 18.2 Å². The highest BCUT2D eigenvalue weighted by Crippen LogP contribution is 2.47. The molecule has 0 saturated carbocycles. The van der Waals surface area contributed by atoms with E-state index in [0.29, 0.717) is 5.82 Å². The number of rotatable bonds is 4. The fourth-order valence-electron chi connectivity index (χ4n) is 8.01. The molecule has 0 bridgehead atoms. The van der Waals surface area contributed by atoms with E-state index in [1.165, 1.54) is 38.1 Å². The molecule has 0 amide bonds. The first kappa shape index (κ1) is 27.4. The van der Waals surface area contributed by atoms with Crippen LogP contribution < -0.4 is 0 Å². The Morgan fingerprint density at radius 3 is 2.16 bits per heavy atom. The average Bonchev–Trinajstić information content (AvgIpc) is 3.76. The Bertz CT molecular complexity index is 2970. The summed E-state index contributed by atoms with van der Waals surface area (Å²) in [5.41, 5.74) is 11.9. The maximum atomic E-state index is 6.48. The lowest BCUT2D eigenvalue weighted by atomic mass is 9.88. The first-order chi connectivity index (χ1) is 24.8. The Hall–Kier alpha value is -6.52. The Labute approximate surface area is 287 Å². The topological polar surface area (TPSA) is 52.1 Å². The van der Waals surface area contributed by atoms with Crippen LogP contribution in [0.4, 0.5) is 0 Å². The van der Waals surface area contributed by atoms with Crippen molar-refractivity contribution in [1.29, 1.82) is 0 Å². The van der Waals surface area contributed by atoms with Crippen molar-refractivity contribution >= 4 is 60.7 Å². The van der Waals surface area contributed by atoms with Gasteiger partial charge >= 0.3 is 0 Å². The number of fused-ring (bicyclic) bond motifs is 6. The minimum absolute atomic E-state index is 0.679. The molecule has 0 atom stereocenters. The van der Waals surface area contributed by atoms with Gasteiger partial charge in [0.25, 0.3) is 0 Å². The third-order valence-corrected chi connectivity index (χ3v) is 10.3. The van der Waals surface area contributed by atoms with Gasteiger partial charge in [-0.05, 0) is 69.1 Å². The average molecular weight is 641 g/mol. The number of hydrogen-bond acceptors (Lipinski definition) is 4. The molecule has 0 N–H and O–H groups in total. The van der Waals surface area contributed by atoms with Crippen molar-refractivity contribution in [3.05, 3.63) is 151 Å². The van der Waals surface area contributed by atoms with E-state index in [-0.39, 0.29) is 0 Å². The van der Waals surface area contributed by atoms with Gasteiger partial charge in [-0.15, -0.1) is 0 Å². The van der Waals surface area contributed by atoms with Gasteiger partial charge in [0, 0.05) is 39.3 Å². The highest BCUT2D eigenvalue weighted by molar-refractivity contribution is 6.35. The summed E-state index contributed by atoms with van der Waals surface area (Å²) in [6.07, 6.45) is 6.18. The molecule has 50 heavy (non-hydrogen) atoms. The van der Waals surface area contributed by atoms with Gasteiger partial charge in [0.2, 0.25) is 0 Å². The van der Waals surface area contributed by atoms with Crippen LogP contribution in [0.15, 0.2) is 148 Å². The van der Waals surface area contributed by atoms with E-state index in [1.54, 1.807) is 0 Å². The maximum absolute atomic E-state index is 6.48. The number of allylic oxidation sites excluding steroid dienone is 1. The Kier molecular flexibility index (Phi) is 5.75. The Balaban J connectivity index is 1.17. The molecule has 1 aliphatic carbocycles. The van der Waals surface area contributed by atoms with Gasteiger partial charge in [0.15, 0.2) is 11.4 Å². The molecule has 3 aromatic heterocycles. The van der Waals surface area contributed by atoms with Gasteiger partial charge in [-0.3, -0.25) is 0 Å². The molecule has 234 valence electrons. The second kappa shape index (κ2) is 10.5. The highest BCUT2D eigenvalue weighted by Gasteiger charge is 2.23. The summed E-state index contributed by atoms with van der Waals surface area (Å²) < 4.78 is 12.9. The van der Waals surface area contributed by atoms with Crippen molar-refractivity contribution in [3.8, 4) is 44.9 Å². The van der Waals surface area contributed by atoms with E-state index < -0.39 is 0 Å². The van der Waals surface area contributed by atoms with Crippen molar-refractivity contribution in [1.82, 2.24) is 9.97 Å². The first-order valence-electron chi connectivity index (χ1n) is 17.1. The second-order valence-electron chi connectivity index (χ2n) is 13.2. The molecule has 0 spiro atoms. The summed E-state index contributed by atoms with van der Waals surface area (Å²) in [6, 6.07) is 47.1. The lowest BCUT2D eigenvalue weighted by Crippen LogP contribution is -1.95. The molecule has 0 saturated heterocycles. The van der Waals surface area contributed by atoms with Gasteiger partial charge < -0.3 is 8.83 Å². The zero-order valence-corrected chi connectivity index (χ0v) is 27.0. The molecule has 10 aromatic rings. The van der Waals surface area contributed by atoms with Crippen molar-refractivity contribution in [2.75, 3.05) is 0 Å². The predicted octanol–water partition coefficient (Wildman–Crippen LogP) is 12.5. The van der Waals surface area contributed by atoms with Crippen LogP contribution in [0, 0.1) is 0 Å². The second-order valence-corrected chi connectivity index (χ2v) is 13.2. The normalized spacial score (nSPS) is 13.0. The van der Waals surface area contributed by atoms with Crippen molar-refractivity contribution in [2.45, 2.75) is 12.8 Å². The number of furan rings is 2. The van der Waals surface area contributed by atoms with E-state index in [2.05, 4.69) is 127 Å². The lowest BCUT2D eigenvalue weighted by Gasteiger charge is -2.14. The summed E-state index contributed by atoms with van der Waals surface area (Å²) in [7, 11) is 0. The molecule has 7 aromatic carbocycles. The van der Waals surface area contributed by atoms with E-state index in [4.69, 9.17) is 18.8 Å². The number of aryl methyl sites for hydroxylation is 1. The van der Waals surface area contributed by atoms with Gasteiger partial charge in [0.05, 0.1) is 0 Å². The molecule has 0 fully saturated rings. The van der Waals surface area contributed by atoms with Crippen LogP contribution in [0.3, 0.4) is 0 Å². The third kappa shape index (κ3) is 3.99. The smallest absolute Gasteiger partial charge is 0.179 e. The molecule has 11 rings (SSSR count). The third-order valence-electron chi connectivity index (χ3n) is 10.3. The summed E-state index contributed by atoms with van der Waals surface area (Å²) in [4.78, 5) is 10.4. The summed E-state index contributed by atoms with van der Waals surface area (Å²) in [5.74, 6) is 1.66. The molecule has 4 nitrogen and oxygen atoms in total. The zero-order valence-electron chi connectivity index (χ0n) is 27.0. The fraction of sp³-hybridized carbons (Fsp3) is 0.0435. The van der Waals surface area contributed by atoms with E-state index >= 15 is 0 Å². The quantitative estimate of drug-likeness (QED) is 0.180. The number of hydrogen-bond donors (Lipinski definition) is 0. The zero-order chi connectivity index (χ0) is 32.8. The standard InChI is InChI=1S/C46H28N2O2/c1-3-11-27(12-4-1)29-21-22-33-34-18-10-20-38-41(34)42-39(49-38)24-23-32(40(42)36(33)26-29)30-15-9-16-31(25-30)46-47-43(28-13-5-2-6-14-28)45-44(48-46)35-17-7-8-19-37(35)50-45/h1-7,9-18,20-26H,8,19H2. The van der Waals surface area contributed by atoms with Gasteiger partial charge in [-0.2, -0.15) is 0 Å². The van der Waals surface area contributed by atoms with E-state index in [0.717, 1.165) is 79.8 Å². The van der Waals surface area contributed by atoms with Gasteiger partial charge in [-0.1, -0.05) is 121 Å². The molecular formula is C46H28N2O2. The predicted molar refractivity (Wildman–Crippen MR) is 204 cm³/mol. The minimum atomic E-state index is 0.679. The number of nitrogens with zero attached hydrogens (tertiary/aromatic N) is 2. The molecule has 0 radical (unpaired) electrons. The molecular weight excluding hydrogens is 613 g/mol. The van der Waals surface area contributed by atoms with Crippen LogP contribution in [-0.4, -0.2) is 9.97 Å². The SMILES string of the molecule is C1=Cc2c(oc3c(-c4ccccc4)nc(-c4cccc(-c5ccc6oc7cccc8c9ccc(-c%10ccccc%10)cc9c5c6c78)c4)nc23)CC1. The Morgan fingerprint density at radius 2 is 1.28 bits per heavy atom. The largest absolute Gasteiger partial charge is 0.456 e. The van der Waals surface area contributed by atoms with Gasteiger partial charge in [-0.25, -0.2) is 9.97 Å². The van der Waals surface area contributed by atoms with Crippen LogP contribution in [-0.2, 0) is 6.42 Å². The van der Waals surface area contributed by atoms with Crippen LogP contribution >= 0.6 is 0 Å². The van der Waals surface area contributed by atoms with Crippen molar-refractivity contribution in [2.24, 2.45) is 0 Å². The first-order valence-corrected chi connectivity index (χ1v) is 17.1. The van der Waals surface area contributed by atoms with E-state index in [9.17, 15) is 0 Å². The molecule has 3 heterocycles. The summed E-state index contributed by atoms with van der Waals surface area (Å²) >= 11 is 0. The summed E-state index contributed by atoms with van der Waals surface area (Å²) in [5, 5.41) is 7.17. The molecule has 0 unspecified atom stereocenters. The van der Waals surface area contributed by atoms with Crippen LogP contribution in [0.2, 0.25) is 0 Å². The molecule has 4 heteroatoms. The Morgan fingerprint density at radius 1 is 0.500 bits per heavy atom. The van der Waals surface area contributed by atoms with Crippen molar-refractivity contribution < 1.29 is 8.83 Å². The van der Waals surface area contributed by atoms with Gasteiger partial charge in [0.1, 0.15) is 28.1 Å².